The predicted molar refractivity (Wildman–Crippen MR) is 70.3 cm³/mol. The average molecular weight is 222 g/mol. The van der Waals surface area contributed by atoms with E-state index in [9.17, 15) is 0 Å². The summed E-state index contributed by atoms with van der Waals surface area (Å²) in [5, 5.41) is 3.20. The second-order valence-electron chi connectivity index (χ2n) is 3.78. The Hall–Kier alpha value is -0.930. The molecule has 1 aromatic carbocycles. The summed E-state index contributed by atoms with van der Waals surface area (Å²) < 4.78 is 0. The van der Waals surface area contributed by atoms with E-state index in [-0.39, 0.29) is 6.04 Å². The molecular weight excluding hydrogens is 204 g/mol. The largest absolute Gasteiger partial charge is 0.350 e. The first kappa shape index (κ1) is 12.1. The van der Waals surface area contributed by atoms with Crippen LogP contribution in [0.3, 0.4) is 0 Å². The minimum atomic E-state index is 0.193. The Morgan fingerprint density at radius 2 is 2.27 bits per heavy atom. The van der Waals surface area contributed by atoms with Gasteiger partial charge in [-0.2, -0.15) is 0 Å². The summed E-state index contributed by atoms with van der Waals surface area (Å²) in [6.07, 6.45) is 1.77. The molecule has 15 heavy (non-hydrogen) atoms. The van der Waals surface area contributed by atoms with E-state index in [1.165, 1.54) is 5.56 Å². The number of thiocarbonyl (C=S) groups is 1. The van der Waals surface area contributed by atoms with Gasteiger partial charge in [-0.25, -0.2) is 0 Å². The summed E-state index contributed by atoms with van der Waals surface area (Å²) in [7, 11) is 0. The minimum Gasteiger partial charge on any atom is -0.350 e. The average Bonchev–Trinajstić information content (AvgIpc) is 2.17. The molecule has 1 unspecified atom stereocenters. The van der Waals surface area contributed by atoms with Crippen molar-refractivity contribution in [2.45, 2.75) is 32.7 Å². The maximum absolute atomic E-state index is 5.76. The van der Waals surface area contributed by atoms with Gasteiger partial charge < -0.3 is 11.1 Å². The van der Waals surface area contributed by atoms with Crippen molar-refractivity contribution in [2.75, 3.05) is 5.32 Å². The number of rotatable bonds is 4. The van der Waals surface area contributed by atoms with Crippen LogP contribution in [0.4, 0.5) is 5.69 Å². The van der Waals surface area contributed by atoms with Crippen molar-refractivity contribution in [1.82, 2.24) is 0 Å². The fourth-order valence-corrected chi connectivity index (χ4v) is 1.52. The van der Waals surface area contributed by atoms with E-state index in [2.05, 4.69) is 17.4 Å². The molecule has 0 fully saturated rings. The van der Waals surface area contributed by atoms with Gasteiger partial charge in [-0.05, 0) is 37.5 Å². The van der Waals surface area contributed by atoms with Crippen molar-refractivity contribution < 1.29 is 0 Å². The summed E-state index contributed by atoms with van der Waals surface area (Å²) in [6, 6.07) is 8.43. The first-order valence-electron chi connectivity index (χ1n) is 5.26. The zero-order valence-electron chi connectivity index (χ0n) is 9.29. The van der Waals surface area contributed by atoms with Gasteiger partial charge >= 0.3 is 0 Å². The molecule has 2 nitrogen and oxygen atoms in total. The molecule has 0 radical (unpaired) electrons. The highest BCUT2D eigenvalue weighted by atomic mass is 32.1. The topological polar surface area (TPSA) is 38.0 Å². The Bertz CT molecular complexity index is 334. The Morgan fingerprint density at radius 3 is 2.87 bits per heavy atom. The van der Waals surface area contributed by atoms with Crippen LogP contribution in [-0.4, -0.2) is 11.0 Å². The van der Waals surface area contributed by atoms with Crippen LogP contribution < -0.4 is 11.1 Å². The zero-order valence-corrected chi connectivity index (χ0v) is 10.1. The van der Waals surface area contributed by atoms with Crippen LogP contribution in [-0.2, 0) is 6.42 Å². The molecule has 0 saturated carbocycles. The lowest BCUT2D eigenvalue weighted by atomic mass is 10.1. The lowest BCUT2D eigenvalue weighted by Crippen LogP contribution is -2.17. The molecule has 82 valence electrons. The van der Waals surface area contributed by atoms with Crippen molar-refractivity contribution in [2.24, 2.45) is 5.73 Å². The Labute approximate surface area is 96.9 Å². The zero-order chi connectivity index (χ0) is 11.3. The molecule has 0 spiro atoms. The number of nitrogens with two attached hydrogens (primary N) is 1. The highest BCUT2D eigenvalue weighted by Gasteiger charge is 2.00. The Kier molecular flexibility index (Phi) is 4.72. The standard InChI is InChI=1S/C12H18N2S/c1-3-12(15)14-11-6-4-5-10(8-11)7-9(2)13/h4-6,8-9H,3,7,13H2,1-2H3,(H,14,15). The van der Waals surface area contributed by atoms with Crippen LogP contribution in [0.15, 0.2) is 24.3 Å². The Balaban J connectivity index is 2.69. The molecule has 0 heterocycles. The molecule has 3 N–H and O–H groups in total. The number of anilines is 1. The van der Waals surface area contributed by atoms with Crippen molar-refractivity contribution in [3.05, 3.63) is 29.8 Å². The fourth-order valence-electron chi connectivity index (χ4n) is 1.40. The Morgan fingerprint density at radius 1 is 1.53 bits per heavy atom. The second-order valence-corrected chi connectivity index (χ2v) is 4.28. The monoisotopic (exact) mass is 222 g/mol. The number of hydrogen-bond acceptors (Lipinski definition) is 2. The summed E-state index contributed by atoms with van der Waals surface area (Å²) in [4.78, 5) is 0.868. The van der Waals surface area contributed by atoms with Crippen molar-refractivity contribution in [1.29, 1.82) is 0 Å². The molecule has 0 aliphatic heterocycles. The summed E-state index contributed by atoms with van der Waals surface area (Å²) in [5.41, 5.74) is 8.06. The maximum atomic E-state index is 5.76. The number of nitrogens with one attached hydrogen (secondary N) is 1. The van der Waals surface area contributed by atoms with Gasteiger partial charge in [-0.15, -0.1) is 0 Å². The van der Waals surface area contributed by atoms with E-state index in [4.69, 9.17) is 18.0 Å². The summed E-state index contributed by atoms with van der Waals surface area (Å²) in [5.74, 6) is 0. The van der Waals surface area contributed by atoms with Crippen LogP contribution in [0.1, 0.15) is 25.8 Å². The second kappa shape index (κ2) is 5.83. The van der Waals surface area contributed by atoms with Crippen molar-refractivity contribution >= 4 is 22.9 Å². The third-order valence-electron chi connectivity index (χ3n) is 2.09. The lowest BCUT2D eigenvalue weighted by Gasteiger charge is -2.09. The summed E-state index contributed by atoms with van der Waals surface area (Å²) in [6.45, 7) is 4.05. The van der Waals surface area contributed by atoms with Gasteiger partial charge in [0.2, 0.25) is 0 Å². The number of benzene rings is 1. The summed E-state index contributed by atoms with van der Waals surface area (Å²) >= 11 is 5.13. The van der Waals surface area contributed by atoms with Gasteiger partial charge in [0.25, 0.3) is 0 Å². The van der Waals surface area contributed by atoms with Crippen LogP contribution in [0, 0.1) is 0 Å². The first-order chi connectivity index (χ1) is 7.11. The third-order valence-corrected chi connectivity index (χ3v) is 2.48. The molecule has 0 aromatic heterocycles. The quantitative estimate of drug-likeness (QED) is 0.769. The molecule has 1 atom stereocenters. The molecule has 0 bridgehead atoms. The normalized spacial score (nSPS) is 12.2. The van der Waals surface area contributed by atoms with Gasteiger partial charge in [0, 0.05) is 11.7 Å². The lowest BCUT2D eigenvalue weighted by molar-refractivity contribution is 0.738. The van der Waals surface area contributed by atoms with E-state index >= 15 is 0 Å². The molecular formula is C12H18N2S. The molecule has 1 aromatic rings. The predicted octanol–water partition coefficient (Wildman–Crippen LogP) is 2.73. The van der Waals surface area contributed by atoms with Crippen LogP contribution in [0.5, 0.6) is 0 Å². The van der Waals surface area contributed by atoms with Crippen LogP contribution in [0.2, 0.25) is 0 Å². The third kappa shape index (κ3) is 4.40. The van der Waals surface area contributed by atoms with E-state index in [1.807, 2.05) is 26.0 Å². The van der Waals surface area contributed by atoms with Crippen LogP contribution >= 0.6 is 12.2 Å². The minimum absolute atomic E-state index is 0.193. The fraction of sp³-hybridized carbons (Fsp3) is 0.417. The van der Waals surface area contributed by atoms with Crippen molar-refractivity contribution in [3.63, 3.8) is 0 Å². The number of hydrogen-bond donors (Lipinski definition) is 2. The smallest absolute Gasteiger partial charge is 0.0794 e. The van der Waals surface area contributed by atoms with E-state index in [0.29, 0.717) is 0 Å². The van der Waals surface area contributed by atoms with Crippen molar-refractivity contribution in [3.8, 4) is 0 Å². The van der Waals surface area contributed by atoms with E-state index in [1.54, 1.807) is 0 Å². The van der Waals surface area contributed by atoms with E-state index in [0.717, 1.165) is 23.5 Å². The van der Waals surface area contributed by atoms with Gasteiger partial charge in [0.15, 0.2) is 0 Å². The molecule has 0 aliphatic carbocycles. The molecule has 0 saturated heterocycles. The SMILES string of the molecule is CCC(=S)Nc1cccc(CC(C)N)c1. The van der Waals surface area contributed by atoms with Gasteiger partial charge in [-0.1, -0.05) is 31.3 Å². The highest BCUT2D eigenvalue weighted by molar-refractivity contribution is 7.80. The van der Waals surface area contributed by atoms with Gasteiger partial charge in [-0.3, -0.25) is 0 Å². The highest BCUT2D eigenvalue weighted by Crippen LogP contribution is 2.12. The van der Waals surface area contributed by atoms with Gasteiger partial charge in [0.1, 0.15) is 0 Å². The molecule has 0 aliphatic rings. The molecule has 3 heteroatoms. The van der Waals surface area contributed by atoms with Crippen LogP contribution in [0.25, 0.3) is 0 Å². The molecule has 0 amide bonds. The molecule has 1 rings (SSSR count). The van der Waals surface area contributed by atoms with Gasteiger partial charge in [0.05, 0.1) is 4.99 Å². The first-order valence-corrected chi connectivity index (χ1v) is 5.67. The van der Waals surface area contributed by atoms with E-state index < -0.39 is 0 Å². The maximum Gasteiger partial charge on any atom is 0.0794 e.